The summed E-state index contributed by atoms with van der Waals surface area (Å²) in [7, 11) is 0. The minimum atomic E-state index is -0.539. The van der Waals surface area contributed by atoms with Crippen LogP contribution in [0.2, 0.25) is 0 Å². The van der Waals surface area contributed by atoms with E-state index in [4.69, 9.17) is 0 Å². The summed E-state index contributed by atoms with van der Waals surface area (Å²) < 4.78 is 0. The average Bonchev–Trinajstić information content (AvgIpc) is 2.70. The Bertz CT molecular complexity index is 891. The first-order valence-electron chi connectivity index (χ1n) is 8.99. The maximum absolute atomic E-state index is 12.8. The Hall–Kier alpha value is -3.10. The largest absolute Gasteiger partial charge is 0.854 e. The molecular weight excluding hydrogens is 364 g/mol. The first kappa shape index (κ1) is 18.3. The van der Waals surface area contributed by atoms with Crippen LogP contribution in [0.1, 0.15) is 54.3 Å². The Balaban J connectivity index is 1.91. The van der Waals surface area contributed by atoms with Crippen molar-refractivity contribution >= 4 is 34.4 Å². The van der Waals surface area contributed by atoms with Crippen LogP contribution in [0.15, 0.2) is 24.3 Å². The molecule has 0 atom stereocenters. The van der Waals surface area contributed by atoms with Crippen molar-refractivity contribution in [1.82, 2.24) is 9.80 Å². The quantitative estimate of drug-likeness (QED) is 0.625. The Labute approximate surface area is 160 Å². The summed E-state index contributed by atoms with van der Waals surface area (Å²) in [5.41, 5.74) is 0.925. The number of carbonyl (C=O) groups excluding carboxylic acids is 4. The predicted molar refractivity (Wildman–Crippen MR) is 93.7 cm³/mol. The standard InChI is InChI=1S/C20H16N2O6/c23-9-1-7-21-17(25)11-3-5-13-16-14(6-4-12(15(11)16)18(21)26)20(28)22(19(13)27)8-2-10-24/h3-6H,1-2,7-10H2/q-2. The highest BCUT2D eigenvalue weighted by atomic mass is 16.3. The Morgan fingerprint density at radius 3 is 1.11 bits per heavy atom. The van der Waals surface area contributed by atoms with E-state index in [1.807, 2.05) is 0 Å². The minimum Gasteiger partial charge on any atom is -0.854 e. The topological polar surface area (TPSA) is 121 Å². The zero-order valence-electron chi connectivity index (χ0n) is 14.9. The molecule has 0 unspecified atom stereocenters. The number of benzene rings is 2. The molecule has 2 aromatic rings. The molecule has 2 aliphatic heterocycles. The monoisotopic (exact) mass is 380 g/mol. The minimum absolute atomic E-state index is 0.0203. The molecule has 0 saturated carbocycles. The fraction of sp³-hybridized carbons (Fsp3) is 0.300. The van der Waals surface area contributed by atoms with Gasteiger partial charge in [0.1, 0.15) is 0 Å². The van der Waals surface area contributed by atoms with Gasteiger partial charge in [0.25, 0.3) is 23.6 Å². The summed E-state index contributed by atoms with van der Waals surface area (Å²) in [5, 5.41) is 22.2. The molecule has 0 aromatic heterocycles. The normalized spacial score (nSPS) is 15.8. The second-order valence-corrected chi connectivity index (χ2v) is 6.71. The van der Waals surface area contributed by atoms with Gasteiger partial charge in [0.15, 0.2) is 0 Å². The van der Waals surface area contributed by atoms with Crippen molar-refractivity contribution in [2.24, 2.45) is 0 Å². The highest BCUT2D eigenvalue weighted by molar-refractivity contribution is 6.33. The lowest BCUT2D eigenvalue weighted by molar-refractivity contribution is -0.368. The zero-order chi connectivity index (χ0) is 20.0. The first-order valence-corrected chi connectivity index (χ1v) is 8.99. The van der Waals surface area contributed by atoms with Gasteiger partial charge in [-0.15, -0.1) is 13.2 Å². The van der Waals surface area contributed by atoms with E-state index in [2.05, 4.69) is 0 Å². The van der Waals surface area contributed by atoms with Gasteiger partial charge in [-0.05, 0) is 24.3 Å². The molecule has 4 rings (SSSR count). The van der Waals surface area contributed by atoms with E-state index in [0.29, 0.717) is 10.8 Å². The van der Waals surface area contributed by atoms with Crippen molar-refractivity contribution in [3.8, 4) is 0 Å². The van der Waals surface area contributed by atoms with Crippen molar-refractivity contribution in [2.75, 3.05) is 26.3 Å². The van der Waals surface area contributed by atoms with Crippen LogP contribution in [0, 0.1) is 0 Å². The van der Waals surface area contributed by atoms with E-state index in [1.54, 1.807) is 0 Å². The van der Waals surface area contributed by atoms with Crippen molar-refractivity contribution in [3.05, 3.63) is 46.5 Å². The molecule has 0 N–H and O–H groups in total. The van der Waals surface area contributed by atoms with Gasteiger partial charge in [-0.25, -0.2) is 0 Å². The first-order chi connectivity index (χ1) is 13.5. The number of hydrogen-bond acceptors (Lipinski definition) is 6. The van der Waals surface area contributed by atoms with Crippen molar-refractivity contribution in [2.45, 2.75) is 12.8 Å². The lowest BCUT2D eigenvalue weighted by Gasteiger charge is -2.32. The van der Waals surface area contributed by atoms with E-state index in [9.17, 15) is 29.4 Å². The van der Waals surface area contributed by atoms with Gasteiger partial charge in [-0.3, -0.25) is 29.0 Å². The number of imide groups is 2. The molecule has 8 heteroatoms. The lowest BCUT2D eigenvalue weighted by atomic mass is 9.86. The summed E-state index contributed by atoms with van der Waals surface area (Å²) in [5.74, 6) is -2.15. The van der Waals surface area contributed by atoms with E-state index in [-0.39, 0.29) is 48.2 Å². The highest BCUT2D eigenvalue weighted by Gasteiger charge is 2.39. The molecule has 28 heavy (non-hydrogen) atoms. The number of carbonyl (C=O) groups is 4. The fourth-order valence-corrected chi connectivity index (χ4v) is 3.83. The van der Waals surface area contributed by atoms with Gasteiger partial charge in [0, 0.05) is 46.1 Å². The zero-order valence-corrected chi connectivity index (χ0v) is 14.9. The van der Waals surface area contributed by atoms with Gasteiger partial charge < -0.3 is 10.2 Å². The molecule has 8 nitrogen and oxygen atoms in total. The second-order valence-electron chi connectivity index (χ2n) is 6.71. The fourth-order valence-electron chi connectivity index (χ4n) is 3.83. The number of amides is 4. The molecule has 2 heterocycles. The number of nitrogens with zero attached hydrogens (tertiary/aromatic N) is 2. The van der Waals surface area contributed by atoms with Gasteiger partial charge in [0.05, 0.1) is 0 Å². The van der Waals surface area contributed by atoms with Gasteiger partial charge in [-0.2, -0.15) is 0 Å². The molecule has 144 valence electrons. The maximum Gasteiger partial charge on any atom is 0.261 e. The van der Waals surface area contributed by atoms with Crippen molar-refractivity contribution < 1.29 is 29.4 Å². The molecule has 0 radical (unpaired) electrons. The summed E-state index contributed by atoms with van der Waals surface area (Å²) in [4.78, 5) is 53.3. The third-order valence-corrected chi connectivity index (χ3v) is 5.12. The van der Waals surface area contributed by atoms with E-state index in [1.165, 1.54) is 24.3 Å². The summed E-state index contributed by atoms with van der Waals surface area (Å²) in [6.45, 7) is -0.766. The average molecular weight is 380 g/mol. The molecule has 2 aromatic carbocycles. The Kier molecular flexibility index (Phi) is 4.44. The molecule has 0 fully saturated rings. The Morgan fingerprint density at radius 1 is 0.571 bits per heavy atom. The lowest BCUT2D eigenvalue weighted by Crippen LogP contribution is -2.44. The number of rotatable bonds is 6. The highest BCUT2D eigenvalue weighted by Crippen LogP contribution is 2.37. The van der Waals surface area contributed by atoms with Gasteiger partial charge in [-0.1, -0.05) is 12.8 Å². The summed E-state index contributed by atoms with van der Waals surface area (Å²) >= 11 is 0. The Morgan fingerprint density at radius 2 is 0.857 bits per heavy atom. The van der Waals surface area contributed by atoms with Crippen LogP contribution in [0.3, 0.4) is 0 Å². The smallest absolute Gasteiger partial charge is 0.261 e. The number of hydrogen-bond donors (Lipinski definition) is 0. The summed E-state index contributed by atoms with van der Waals surface area (Å²) in [6, 6.07) is 5.90. The molecule has 2 aliphatic rings. The summed E-state index contributed by atoms with van der Waals surface area (Å²) in [6.07, 6.45) is 0.301. The predicted octanol–water partition coefficient (Wildman–Crippen LogP) is -0.467. The second kappa shape index (κ2) is 6.81. The van der Waals surface area contributed by atoms with Crippen LogP contribution in [-0.2, 0) is 0 Å². The molecule has 0 saturated heterocycles. The SMILES string of the molecule is O=C1c2ccc3c4c(ccc(c24)C(=O)N1CCC[O-])C(=O)N(CCC[O-])C3=O. The third kappa shape index (κ3) is 2.45. The van der Waals surface area contributed by atoms with Crippen molar-refractivity contribution in [3.63, 3.8) is 0 Å². The van der Waals surface area contributed by atoms with Crippen LogP contribution >= 0.6 is 0 Å². The van der Waals surface area contributed by atoms with Crippen LogP contribution in [0.5, 0.6) is 0 Å². The van der Waals surface area contributed by atoms with E-state index < -0.39 is 36.8 Å². The van der Waals surface area contributed by atoms with Crippen LogP contribution in [0.4, 0.5) is 0 Å². The van der Waals surface area contributed by atoms with Crippen LogP contribution in [-0.4, -0.2) is 59.7 Å². The van der Waals surface area contributed by atoms with Crippen LogP contribution in [0.25, 0.3) is 10.8 Å². The molecular formula is C20H16N2O6-2. The van der Waals surface area contributed by atoms with Crippen molar-refractivity contribution in [1.29, 1.82) is 0 Å². The maximum atomic E-state index is 12.8. The molecule has 0 aliphatic carbocycles. The molecule has 0 spiro atoms. The van der Waals surface area contributed by atoms with E-state index in [0.717, 1.165) is 9.80 Å². The third-order valence-electron chi connectivity index (χ3n) is 5.12. The molecule has 0 bridgehead atoms. The van der Waals surface area contributed by atoms with Gasteiger partial charge in [0.2, 0.25) is 0 Å². The molecule has 4 amide bonds. The van der Waals surface area contributed by atoms with Crippen LogP contribution < -0.4 is 10.2 Å². The van der Waals surface area contributed by atoms with E-state index >= 15 is 0 Å². The van der Waals surface area contributed by atoms with Gasteiger partial charge >= 0.3 is 0 Å².